The minimum Gasteiger partial charge on any atom is -0.391 e. The molecule has 1 fully saturated rings. The number of H-pyrrole nitrogens is 1. The number of anilines is 1. The lowest BCUT2D eigenvalue weighted by atomic mass is 10.2. The number of hydrogen-bond donors (Lipinski definition) is 3. The molecule has 4 rings (SSSR count). The molecule has 23 heavy (non-hydrogen) atoms. The van der Waals surface area contributed by atoms with E-state index in [0.717, 1.165) is 60.5 Å². The number of quaternary nitrogens is 1. The molecule has 3 N–H and O–H groups in total. The summed E-state index contributed by atoms with van der Waals surface area (Å²) in [5, 5.41) is 9.84. The Hall–Kier alpha value is -2.25. The van der Waals surface area contributed by atoms with Gasteiger partial charge in [0.25, 0.3) is 0 Å². The molecule has 0 atom stereocenters. The molecule has 0 radical (unpaired) electrons. The van der Waals surface area contributed by atoms with Crippen LogP contribution in [0.2, 0.25) is 0 Å². The number of benzene rings is 1. The summed E-state index contributed by atoms with van der Waals surface area (Å²) in [6, 6.07) is 4.69. The van der Waals surface area contributed by atoms with E-state index in [1.807, 2.05) is 0 Å². The number of nitrogens with zero attached hydrogens (tertiary/aromatic N) is 3. The van der Waals surface area contributed by atoms with Crippen LogP contribution < -0.4 is 9.80 Å². The number of halogens is 1. The van der Waals surface area contributed by atoms with Crippen molar-refractivity contribution in [1.82, 2.24) is 15.0 Å². The van der Waals surface area contributed by atoms with Crippen LogP contribution in [0.4, 0.5) is 10.2 Å². The third kappa shape index (κ3) is 2.51. The van der Waals surface area contributed by atoms with Gasteiger partial charge in [0.15, 0.2) is 5.82 Å². The summed E-state index contributed by atoms with van der Waals surface area (Å²) in [7, 11) is 0. The van der Waals surface area contributed by atoms with Crippen molar-refractivity contribution in [3.63, 3.8) is 0 Å². The molecule has 6 nitrogen and oxygen atoms in total. The maximum Gasteiger partial charge on any atom is 0.156 e. The van der Waals surface area contributed by atoms with Crippen LogP contribution in [0.15, 0.2) is 24.5 Å². The molecule has 1 saturated heterocycles. The van der Waals surface area contributed by atoms with E-state index in [1.165, 1.54) is 17.0 Å². The molecule has 0 spiro atoms. The van der Waals surface area contributed by atoms with Gasteiger partial charge in [0.2, 0.25) is 0 Å². The standard InChI is InChI=1S/C16H18FN5O/c17-11-1-2-13-12(9-11)14-15(20-13)16(19-10-18-14)22-5-3-21(4-6-22)7-8-23/h1-2,9-10,20,23H,3-8H2/p+1. The number of hydrogen-bond acceptors (Lipinski definition) is 4. The molecule has 0 saturated carbocycles. The van der Waals surface area contributed by atoms with Crippen LogP contribution in [0.5, 0.6) is 0 Å². The fourth-order valence-corrected chi connectivity index (χ4v) is 3.33. The van der Waals surface area contributed by atoms with Gasteiger partial charge in [0.1, 0.15) is 29.7 Å². The molecule has 0 unspecified atom stereocenters. The summed E-state index contributed by atoms with van der Waals surface area (Å²) in [5.41, 5.74) is 2.49. The highest BCUT2D eigenvalue weighted by Crippen LogP contribution is 2.29. The number of rotatable bonds is 3. The Balaban J connectivity index is 1.72. The first-order chi connectivity index (χ1) is 11.3. The van der Waals surface area contributed by atoms with E-state index >= 15 is 0 Å². The fraction of sp³-hybridized carbons (Fsp3) is 0.375. The molecule has 3 aromatic rings. The van der Waals surface area contributed by atoms with Crippen molar-refractivity contribution >= 4 is 27.8 Å². The van der Waals surface area contributed by atoms with E-state index in [-0.39, 0.29) is 12.4 Å². The smallest absolute Gasteiger partial charge is 0.156 e. The predicted octanol–water partition coefficient (Wildman–Crippen LogP) is -0.0526. The van der Waals surface area contributed by atoms with Crippen LogP contribution in [0.25, 0.3) is 21.9 Å². The summed E-state index contributed by atoms with van der Waals surface area (Å²) < 4.78 is 13.5. The van der Waals surface area contributed by atoms with Crippen molar-refractivity contribution in [3.05, 3.63) is 30.3 Å². The summed E-state index contributed by atoms with van der Waals surface area (Å²) in [6.45, 7) is 4.72. The molecule has 2 aromatic heterocycles. The Bertz CT molecular complexity index is 841. The maximum atomic E-state index is 13.5. The van der Waals surface area contributed by atoms with Crippen molar-refractivity contribution in [1.29, 1.82) is 0 Å². The highest BCUT2D eigenvalue weighted by atomic mass is 19.1. The second kappa shape index (κ2) is 5.75. The zero-order valence-electron chi connectivity index (χ0n) is 12.7. The molecule has 0 bridgehead atoms. The lowest BCUT2D eigenvalue weighted by Crippen LogP contribution is -3.15. The molecule has 0 aliphatic carbocycles. The van der Waals surface area contributed by atoms with Gasteiger partial charge in [-0.2, -0.15) is 0 Å². The first-order valence-electron chi connectivity index (χ1n) is 7.87. The van der Waals surface area contributed by atoms with Crippen LogP contribution in [0.1, 0.15) is 0 Å². The summed E-state index contributed by atoms with van der Waals surface area (Å²) in [6.07, 6.45) is 1.54. The van der Waals surface area contributed by atoms with Gasteiger partial charge in [0.05, 0.1) is 32.8 Å². The van der Waals surface area contributed by atoms with E-state index < -0.39 is 0 Å². The second-order valence-electron chi connectivity index (χ2n) is 5.95. The first-order valence-corrected chi connectivity index (χ1v) is 7.87. The third-order valence-electron chi connectivity index (χ3n) is 4.56. The van der Waals surface area contributed by atoms with Crippen LogP contribution in [0, 0.1) is 5.82 Å². The number of aromatic amines is 1. The van der Waals surface area contributed by atoms with Crippen molar-refractivity contribution in [3.8, 4) is 0 Å². The van der Waals surface area contributed by atoms with Gasteiger partial charge in [0, 0.05) is 10.9 Å². The van der Waals surface area contributed by atoms with Gasteiger partial charge < -0.3 is 19.9 Å². The average molecular weight is 316 g/mol. The van der Waals surface area contributed by atoms with Crippen molar-refractivity contribution in [2.24, 2.45) is 0 Å². The molecule has 0 amide bonds. The first kappa shape index (κ1) is 14.3. The number of aliphatic hydroxyl groups is 1. The minimum absolute atomic E-state index is 0.223. The number of piperazine rings is 1. The number of aliphatic hydroxyl groups excluding tert-OH is 1. The Labute approximate surface area is 132 Å². The van der Waals surface area contributed by atoms with Gasteiger partial charge in [-0.15, -0.1) is 0 Å². The van der Waals surface area contributed by atoms with E-state index in [9.17, 15) is 4.39 Å². The SMILES string of the molecule is OCC[NH+]1CCN(c2ncnc3c2[nH]c2ccc(F)cc23)CC1. The molecule has 1 aliphatic heterocycles. The highest BCUT2D eigenvalue weighted by molar-refractivity contribution is 6.08. The summed E-state index contributed by atoms with van der Waals surface area (Å²) in [5.74, 6) is 0.606. The number of fused-ring (bicyclic) bond motifs is 3. The van der Waals surface area contributed by atoms with E-state index in [1.54, 1.807) is 12.4 Å². The van der Waals surface area contributed by atoms with Gasteiger partial charge in [-0.25, -0.2) is 14.4 Å². The topological polar surface area (TPSA) is 69.5 Å². The van der Waals surface area contributed by atoms with Crippen molar-refractivity contribution in [2.45, 2.75) is 0 Å². The quantitative estimate of drug-likeness (QED) is 0.634. The molecular weight excluding hydrogens is 297 g/mol. The predicted molar refractivity (Wildman–Crippen MR) is 86.2 cm³/mol. The van der Waals surface area contributed by atoms with Crippen LogP contribution >= 0.6 is 0 Å². The fourth-order valence-electron chi connectivity index (χ4n) is 3.33. The van der Waals surface area contributed by atoms with Gasteiger partial charge in [-0.1, -0.05) is 0 Å². The van der Waals surface area contributed by atoms with Crippen molar-refractivity contribution < 1.29 is 14.4 Å². The van der Waals surface area contributed by atoms with E-state index in [4.69, 9.17) is 5.11 Å². The Kier molecular flexibility index (Phi) is 3.59. The summed E-state index contributed by atoms with van der Waals surface area (Å²) in [4.78, 5) is 15.8. The molecule has 1 aromatic carbocycles. The van der Waals surface area contributed by atoms with Gasteiger partial charge in [-0.05, 0) is 18.2 Å². The lowest BCUT2D eigenvalue weighted by Gasteiger charge is -2.32. The van der Waals surface area contributed by atoms with E-state index in [2.05, 4.69) is 19.9 Å². The Morgan fingerprint density at radius 1 is 1.26 bits per heavy atom. The van der Waals surface area contributed by atoms with Gasteiger partial charge in [-0.3, -0.25) is 0 Å². The Morgan fingerprint density at radius 2 is 2.09 bits per heavy atom. The van der Waals surface area contributed by atoms with Crippen LogP contribution in [0.3, 0.4) is 0 Å². The van der Waals surface area contributed by atoms with Crippen molar-refractivity contribution in [2.75, 3.05) is 44.2 Å². The zero-order chi connectivity index (χ0) is 15.8. The molecule has 3 heterocycles. The van der Waals surface area contributed by atoms with Crippen LogP contribution in [-0.2, 0) is 0 Å². The molecule has 1 aliphatic rings. The molecule has 7 heteroatoms. The monoisotopic (exact) mass is 316 g/mol. The summed E-state index contributed by atoms with van der Waals surface area (Å²) >= 11 is 0. The second-order valence-corrected chi connectivity index (χ2v) is 5.95. The van der Waals surface area contributed by atoms with E-state index in [0.29, 0.717) is 0 Å². The number of aromatic nitrogens is 3. The minimum atomic E-state index is -0.264. The average Bonchev–Trinajstić information content (AvgIpc) is 2.94. The third-order valence-corrected chi connectivity index (χ3v) is 4.56. The normalized spacial score (nSPS) is 16.5. The lowest BCUT2D eigenvalue weighted by molar-refractivity contribution is -0.900. The Morgan fingerprint density at radius 3 is 2.87 bits per heavy atom. The van der Waals surface area contributed by atoms with Crippen LogP contribution in [-0.4, -0.2) is 59.4 Å². The highest BCUT2D eigenvalue weighted by Gasteiger charge is 2.23. The zero-order valence-corrected chi connectivity index (χ0v) is 12.7. The maximum absolute atomic E-state index is 13.5. The molecule has 120 valence electrons. The largest absolute Gasteiger partial charge is 0.391 e. The number of nitrogens with one attached hydrogen (secondary N) is 2. The van der Waals surface area contributed by atoms with Gasteiger partial charge >= 0.3 is 0 Å². The molecular formula is C16H19FN5O+.